The molecule has 2 rings (SSSR count). The van der Waals surface area contributed by atoms with Gasteiger partial charge in [0.2, 0.25) is 0 Å². The summed E-state index contributed by atoms with van der Waals surface area (Å²) in [5, 5.41) is 9.48. The van der Waals surface area contributed by atoms with Crippen molar-refractivity contribution >= 4 is 23.3 Å². The van der Waals surface area contributed by atoms with Gasteiger partial charge in [0.1, 0.15) is 22.9 Å². The summed E-state index contributed by atoms with van der Waals surface area (Å²) in [5.74, 6) is 0.285. The van der Waals surface area contributed by atoms with Crippen LogP contribution < -0.4 is 10.6 Å². The molecule has 2 heterocycles. The fourth-order valence-corrected chi connectivity index (χ4v) is 1.57. The lowest BCUT2D eigenvalue weighted by Gasteiger charge is -2.06. The molecule has 94 valence electrons. The number of anilines is 1. The minimum atomic E-state index is -0.251. The maximum absolute atomic E-state index is 11.9. The fraction of sp³-hybridized carbons (Fsp3) is 0.182. The number of amides is 1. The highest BCUT2D eigenvalue weighted by Gasteiger charge is 2.09. The van der Waals surface area contributed by atoms with Crippen LogP contribution in [0.2, 0.25) is 5.15 Å². The molecule has 0 aromatic carbocycles. The quantitative estimate of drug-likeness (QED) is 0.823. The number of nitrogens with one attached hydrogen (secondary N) is 2. The summed E-state index contributed by atoms with van der Waals surface area (Å²) in [4.78, 5) is 15.9. The molecule has 6 nitrogen and oxygen atoms in total. The van der Waals surface area contributed by atoms with E-state index in [-0.39, 0.29) is 11.1 Å². The minimum absolute atomic E-state index is 0.251. The van der Waals surface area contributed by atoms with Crippen molar-refractivity contribution < 1.29 is 9.32 Å². The van der Waals surface area contributed by atoms with Crippen molar-refractivity contribution in [1.82, 2.24) is 15.5 Å². The zero-order valence-electron chi connectivity index (χ0n) is 9.61. The second kappa shape index (κ2) is 5.50. The van der Waals surface area contributed by atoms with Gasteiger partial charge in [0.05, 0.1) is 6.54 Å². The van der Waals surface area contributed by atoms with Crippen LogP contribution in [-0.2, 0) is 6.54 Å². The molecule has 18 heavy (non-hydrogen) atoms. The normalized spacial score (nSPS) is 10.1. The van der Waals surface area contributed by atoms with Crippen LogP contribution in [0.5, 0.6) is 0 Å². The molecule has 2 aromatic rings. The van der Waals surface area contributed by atoms with Gasteiger partial charge in [-0.3, -0.25) is 4.79 Å². The van der Waals surface area contributed by atoms with Crippen LogP contribution in [0.15, 0.2) is 29.0 Å². The molecular formula is C11H11ClN4O2. The van der Waals surface area contributed by atoms with Crippen LogP contribution in [0.4, 0.5) is 5.82 Å². The number of nitrogens with zero attached hydrogens (tertiary/aromatic N) is 2. The third-order valence-corrected chi connectivity index (χ3v) is 2.43. The molecule has 1 amide bonds. The molecule has 0 atom stereocenters. The maximum Gasteiger partial charge on any atom is 0.251 e. The number of hydrogen-bond acceptors (Lipinski definition) is 5. The standard InChI is InChI=1S/C11H11ClN4O2/c1-13-10-5-7(4-9(12)15-10)11(17)14-6-8-2-3-18-16-8/h2-5H,6H2,1H3,(H,13,15)(H,14,17). The number of hydrogen-bond donors (Lipinski definition) is 2. The Bertz CT molecular complexity index is 542. The summed E-state index contributed by atoms with van der Waals surface area (Å²) in [5.41, 5.74) is 1.08. The zero-order chi connectivity index (χ0) is 13.0. The Balaban J connectivity index is 2.06. The number of carbonyl (C=O) groups excluding carboxylic acids is 1. The zero-order valence-corrected chi connectivity index (χ0v) is 10.4. The minimum Gasteiger partial charge on any atom is -0.373 e. The topological polar surface area (TPSA) is 80.0 Å². The third kappa shape index (κ3) is 2.98. The van der Waals surface area contributed by atoms with Crippen LogP contribution in [0.3, 0.4) is 0 Å². The van der Waals surface area contributed by atoms with Crippen molar-refractivity contribution in [3.8, 4) is 0 Å². The molecule has 0 bridgehead atoms. The average Bonchev–Trinajstić information content (AvgIpc) is 2.88. The van der Waals surface area contributed by atoms with Crippen molar-refractivity contribution in [1.29, 1.82) is 0 Å². The first-order valence-electron chi connectivity index (χ1n) is 5.22. The number of rotatable bonds is 4. The van der Waals surface area contributed by atoms with Gasteiger partial charge in [-0.1, -0.05) is 16.8 Å². The molecule has 0 fully saturated rings. The van der Waals surface area contributed by atoms with Crippen molar-refractivity contribution in [3.63, 3.8) is 0 Å². The molecular weight excluding hydrogens is 256 g/mol. The van der Waals surface area contributed by atoms with E-state index in [1.54, 1.807) is 19.2 Å². The predicted octanol–water partition coefficient (Wildman–Crippen LogP) is 1.69. The van der Waals surface area contributed by atoms with Crippen molar-refractivity contribution in [3.05, 3.63) is 40.9 Å². The van der Waals surface area contributed by atoms with Gasteiger partial charge in [-0.2, -0.15) is 0 Å². The molecule has 0 radical (unpaired) electrons. The van der Waals surface area contributed by atoms with E-state index in [9.17, 15) is 4.79 Å². The second-order valence-corrected chi connectivity index (χ2v) is 3.87. The van der Waals surface area contributed by atoms with Gasteiger partial charge in [0.25, 0.3) is 5.91 Å². The van der Waals surface area contributed by atoms with E-state index in [4.69, 9.17) is 11.6 Å². The van der Waals surface area contributed by atoms with E-state index in [1.165, 1.54) is 12.3 Å². The van der Waals surface area contributed by atoms with Crippen LogP contribution >= 0.6 is 11.6 Å². The molecule has 0 unspecified atom stereocenters. The molecule has 0 aliphatic rings. The molecule has 0 saturated heterocycles. The Kier molecular flexibility index (Phi) is 3.78. The van der Waals surface area contributed by atoms with E-state index in [1.807, 2.05) is 0 Å². The molecule has 0 aliphatic carbocycles. The second-order valence-electron chi connectivity index (χ2n) is 3.49. The third-order valence-electron chi connectivity index (χ3n) is 2.23. The van der Waals surface area contributed by atoms with E-state index in [0.29, 0.717) is 23.6 Å². The average molecular weight is 267 g/mol. The van der Waals surface area contributed by atoms with Crippen molar-refractivity contribution in [2.75, 3.05) is 12.4 Å². The first-order chi connectivity index (χ1) is 8.69. The highest BCUT2D eigenvalue weighted by Crippen LogP contribution is 2.14. The number of carbonyl (C=O) groups is 1. The lowest BCUT2D eigenvalue weighted by molar-refractivity contribution is 0.0950. The van der Waals surface area contributed by atoms with E-state index >= 15 is 0 Å². The monoisotopic (exact) mass is 266 g/mol. The lowest BCUT2D eigenvalue weighted by Crippen LogP contribution is -2.23. The summed E-state index contributed by atoms with van der Waals surface area (Å²) in [6.07, 6.45) is 1.45. The SMILES string of the molecule is CNc1cc(C(=O)NCc2ccon2)cc(Cl)n1. The molecule has 7 heteroatoms. The summed E-state index contributed by atoms with van der Waals surface area (Å²) >= 11 is 5.81. The maximum atomic E-state index is 11.9. The van der Waals surface area contributed by atoms with Gasteiger partial charge >= 0.3 is 0 Å². The lowest BCUT2D eigenvalue weighted by atomic mass is 10.2. The van der Waals surface area contributed by atoms with Crippen LogP contribution in [0.25, 0.3) is 0 Å². The number of aromatic nitrogens is 2. The van der Waals surface area contributed by atoms with Crippen LogP contribution in [0.1, 0.15) is 16.1 Å². The number of halogens is 1. The molecule has 0 aliphatic heterocycles. The molecule has 2 N–H and O–H groups in total. The van der Waals surface area contributed by atoms with Crippen molar-refractivity contribution in [2.24, 2.45) is 0 Å². The largest absolute Gasteiger partial charge is 0.373 e. The fourth-order valence-electron chi connectivity index (χ4n) is 1.36. The summed E-state index contributed by atoms with van der Waals surface area (Å²) < 4.78 is 4.67. The predicted molar refractivity (Wildman–Crippen MR) is 66.5 cm³/mol. The van der Waals surface area contributed by atoms with Gasteiger partial charge in [-0.25, -0.2) is 4.98 Å². The van der Waals surface area contributed by atoms with E-state index in [0.717, 1.165) is 0 Å². The Labute approximate surface area is 108 Å². The van der Waals surface area contributed by atoms with E-state index < -0.39 is 0 Å². The highest BCUT2D eigenvalue weighted by molar-refractivity contribution is 6.29. The smallest absolute Gasteiger partial charge is 0.251 e. The van der Waals surface area contributed by atoms with Crippen LogP contribution in [0, 0.1) is 0 Å². The molecule has 0 spiro atoms. The Morgan fingerprint density at radius 1 is 1.50 bits per heavy atom. The first-order valence-corrected chi connectivity index (χ1v) is 5.59. The number of pyridine rings is 1. The van der Waals surface area contributed by atoms with Gasteiger partial charge in [0, 0.05) is 18.7 Å². The van der Waals surface area contributed by atoms with Gasteiger partial charge in [-0.05, 0) is 12.1 Å². The Morgan fingerprint density at radius 3 is 3.00 bits per heavy atom. The first kappa shape index (κ1) is 12.4. The molecule has 0 saturated carbocycles. The highest BCUT2D eigenvalue weighted by atomic mass is 35.5. The summed E-state index contributed by atoms with van der Waals surface area (Å²) in [6, 6.07) is 4.80. The van der Waals surface area contributed by atoms with Gasteiger partial charge in [-0.15, -0.1) is 0 Å². The van der Waals surface area contributed by atoms with Crippen LogP contribution in [-0.4, -0.2) is 23.1 Å². The van der Waals surface area contributed by atoms with Crippen molar-refractivity contribution in [2.45, 2.75) is 6.54 Å². The summed E-state index contributed by atoms with van der Waals surface area (Å²) in [6.45, 7) is 0.296. The summed E-state index contributed by atoms with van der Waals surface area (Å²) in [7, 11) is 1.70. The Hall–Kier alpha value is -2.08. The van der Waals surface area contributed by atoms with Gasteiger partial charge < -0.3 is 15.2 Å². The molecule has 2 aromatic heterocycles. The van der Waals surface area contributed by atoms with Gasteiger partial charge in [0.15, 0.2) is 0 Å². The van der Waals surface area contributed by atoms with E-state index in [2.05, 4.69) is 25.3 Å². The Morgan fingerprint density at radius 2 is 2.33 bits per heavy atom.